The Morgan fingerprint density at radius 1 is 0.605 bits per heavy atom. The van der Waals surface area contributed by atoms with E-state index in [2.05, 4.69) is 143 Å². The molecule has 4 heterocycles. The van der Waals surface area contributed by atoms with Gasteiger partial charge in [0.1, 0.15) is 17.7 Å². The number of hydrogen-bond donors (Lipinski definition) is 6. The number of piperidine rings is 2. The molecular formula is C63H96N8O5. The Morgan fingerprint density at radius 2 is 1.03 bits per heavy atom. The van der Waals surface area contributed by atoms with E-state index in [4.69, 9.17) is 21.4 Å². The molecule has 13 nitrogen and oxygen atoms in total. The lowest BCUT2D eigenvalue weighted by atomic mass is 9.63. The van der Waals surface area contributed by atoms with Crippen LogP contribution in [0.25, 0.3) is 22.5 Å². The molecule has 2 aromatic carbocycles. The zero-order chi connectivity index (χ0) is 55.0. The highest BCUT2D eigenvalue weighted by atomic mass is 16.3. The first-order valence-electron chi connectivity index (χ1n) is 28.9. The number of amides is 1. The summed E-state index contributed by atoms with van der Waals surface area (Å²) in [6.07, 6.45) is 10.7. The van der Waals surface area contributed by atoms with Crippen molar-refractivity contribution >= 4 is 17.5 Å². The van der Waals surface area contributed by atoms with Crippen LogP contribution in [0.5, 0.6) is 0 Å². The monoisotopic (exact) mass is 1040 g/mol. The second-order valence-electron chi connectivity index (χ2n) is 25.4. The normalized spacial score (nSPS) is 20.2. The van der Waals surface area contributed by atoms with E-state index >= 15 is 0 Å². The summed E-state index contributed by atoms with van der Waals surface area (Å²) in [6.45, 7) is 26.4. The van der Waals surface area contributed by atoms with Crippen LogP contribution in [0, 0.1) is 0 Å². The average Bonchev–Trinajstić information content (AvgIpc) is 3.45. The number of anilines is 2. The fraction of sp³-hybridized carbons (Fsp3) is 0.635. The molecule has 2 saturated heterocycles. The van der Waals surface area contributed by atoms with Gasteiger partial charge in [0, 0.05) is 81.7 Å². The maximum absolute atomic E-state index is 13.1. The Hall–Kier alpha value is -4.47. The summed E-state index contributed by atoms with van der Waals surface area (Å²) in [5.74, 6) is 1.80. The van der Waals surface area contributed by atoms with Gasteiger partial charge in [0.25, 0.3) is 0 Å². The first kappa shape index (κ1) is 59.2. The summed E-state index contributed by atoms with van der Waals surface area (Å²) in [5, 5.41) is 37.8. The lowest BCUT2D eigenvalue weighted by Gasteiger charge is -2.42. The molecule has 418 valence electrons. The van der Waals surface area contributed by atoms with Crippen LogP contribution in [0.3, 0.4) is 0 Å². The molecule has 0 bridgehead atoms. The lowest BCUT2D eigenvalue weighted by molar-refractivity contribution is -0.137. The number of aromatic nitrogens is 2. The number of carbonyl (C=O) groups is 1. The van der Waals surface area contributed by atoms with Gasteiger partial charge in [0.15, 0.2) is 0 Å². The van der Waals surface area contributed by atoms with E-state index in [1.807, 2.05) is 4.90 Å². The molecule has 1 amide bonds. The van der Waals surface area contributed by atoms with Crippen LogP contribution in [0.1, 0.15) is 162 Å². The Kier molecular flexibility index (Phi) is 19.9. The van der Waals surface area contributed by atoms with Crippen molar-refractivity contribution < 1.29 is 25.2 Å². The minimum Gasteiger partial charge on any atom is -0.396 e. The molecule has 8 rings (SSSR count). The third kappa shape index (κ3) is 14.2. The van der Waals surface area contributed by atoms with Gasteiger partial charge in [-0.05, 0) is 171 Å². The molecular weight excluding hydrogens is 949 g/mol. The molecule has 0 saturated carbocycles. The number of unbranched alkanes of at least 4 members (excludes halogenated alkanes) is 2. The molecule has 0 unspecified atom stereocenters. The molecule has 0 spiro atoms. The van der Waals surface area contributed by atoms with Crippen molar-refractivity contribution in [3.63, 3.8) is 0 Å². The first-order valence-corrected chi connectivity index (χ1v) is 28.9. The fourth-order valence-electron chi connectivity index (χ4n) is 12.4. The smallest absolute Gasteiger partial charge is 0.242 e. The number of pyridine rings is 2. The Morgan fingerprint density at radius 3 is 1.45 bits per heavy atom. The zero-order valence-electron chi connectivity index (χ0n) is 47.9. The fourth-order valence-corrected chi connectivity index (χ4v) is 12.4. The Bertz CT molecular complexity index is 2510. The quantitative estimate of drug-likeness (QED) is 0.0491. The molecule has 13 heteroatoms. The number of nitrogens with two attached hydrogens (primary N) is 2. The standard InChI is InChI=1S/C32H48N4O3.C31H48N4O2/c1-22(38)29(33)30(39)36(17-6-7-20-37)24-13-18-35(19-14-24)28-10-8-9-27(34-28)23-11-12-25-26(21-23)32(4,5)16-15-31(25,2)3;1-30(2)14-15-31(3,4)27-20-23(10-11-26(27)30)28-8-7-9-29(33-28)34-17-12-25(13-18-34)35(16-5-6-19-36)21-24(32)22-37/h8-12,21-22,24,29,37-38H,6-7,13-20,33H2,1-5H3;7-11,20,24-25,36-37H,5-6,12-19,21-22,32H2,1-4H3/t22-,29+;24-/m11/s1. The maximum Gasteiger partial charge on any atom is 0.242 e. The third-order valence-electron chi connectivity index (χ3n) is 17.8. The topological polar surface area (TPSA) is 189 Å². The molecule has 2 fully saturated rings. The largest absolute Gasteiger partial charge is 0.396 e. The van der Waals surface area contributed by atoms with Crippen LogP contribution in [0.4, 0.5) is 11.6 Å². The van der Waals surface area contributed by atoms with E-state index < -0.39 is 12.1 Å². The highest BCUT2D eigenvalue weighted by Gasteiger charge is 2.39. The van der Waals surface area contributed by atoms with Crippen molar-refractivity contribution in [2.45, 2.75) is 191 Å². The highest BCUT2D eigenvalue weighted by Crippen LogP contribution is 2.48. The van der Waals surface area contributed by atoms with Crippen molar-refractivity contribution in [2.75, 3.05) is 75.4 Å². The van der Waals surface area contributed by atoms with E-state index in [-0.39, 0.29) is 59.5 Å². The summed E-state index contributed by atoms with van der Waals surface area (Å²) in [6, 6.07) is 25.9. The number of fused-ring (bicyclic) bond motifs is 2. The molecule has 0 radical (unpaired) electrons. The zero-order valence-corrected chi connectivity index (χ0v) is 47.9. The van der Waals surface area contributed by atoms with Crippen LogP contribution in [-0.4, -0.2) is 142 Å². The van der Waals surface area contributed by atoms with Crippen LogP contribution >= 0.6 is 0 Å². The summed E-state index contributed by atoms with van der Waals surface area (Å²) < 4.78 is 0. The van der Waals surface area contributed by atoms with Gasteiger partial charge in [-0.1, -0.05) is 91.8 Å². The van der Waals surface area contributed by atoms with Crippen molar-refractivity contribution in [2.24, 2.45) is 11.5 Å². The van der Waals surface area contributed by atoms with Crippen LogP contribution < -0.4 is 21.3 Å². The number of aliphatic hydroxyl groups excluding tert-OH is 4. The van der Waals surface area contributed by atoms with Gasteiger partial charge in [-0.3, -0.25) is 9.69 Å². The number of nitrogens with zero attached hydrogens (tertiary/aromatic N) is 6. The van der Waals surface area contributed by atoms with Crippen LogP contribution in [-0.2, 0) is 26.5 Å². The summed E-state index contributed by atoms with van der Waals surface area (Å²) in [7, 11) is 0. The van der Waals surface area contributed by atoms with Gasteiger partial charge >= 0.3 is 0 Å². The van der Waals surface area contributed by atoms with E-state index in [1.165, 1.54) is 53.5 Å². The molecule has 4 aromatic rings. The van der Waals surface area contributed by atoms with Gasteiger partial charge in [-0.25, -0.2) is 9.97 Å². The Labute approximate surface area is 456 Å². The number of aliphatic hydroxyl groups is 4. The molecule has 8 N–H and O–H groups in total. The summed E-state index contributed by atoms with van der Waals surface area (Å²) >= 11 is 0. The highest BCUT2D eigenvalue weighted by molar-refractivity contribution is 5.82. The molecule has 2 aliphatic carbocycles. The molecule has 3 atom stereocenters. The Balaban J connectivity index is 0.000000221. The molecule has 2 aromatic heterocycles. The molecule has 4 aliphatic rings. The van der Waals surface area contributed by atoms with Gasteiger partial charge in [-0.15, -0.1) is 0 Å². The third-order valence-corrected chi connectivity index (χ3v) is 17.8. The predicted octanol–water partition coefficient (Wildman–Crippen LogP) is 8.84. The van der Waals surface area contributed by atoms with Crippen molar-refractivity contribution in [1.29, 1.82) is 0 Å². The minimum absolute atomic E-state index is 0.00340. The molecule has 76 heavy (non-hydrogen) atoms. The van der Waals surface area contributed by atoms with Crippen LogP contribution in [0.2, 0.25) is 0 Å². The van der Waals surface area contributed by atoms with Gasteiger partial charge < -0.3 is 46.6 Å². The van der Waals surface area contributed by atoms with Crippen LogP contribution in [0.15, 0.2) is 72.8 Å². The number of benzene rings is 2. The van der Waals surface area contributed by atoms with Crippen molar-refractivity contribution in [1.82, 2.24) is 19.8 Å². The summed E-state index contributed by atoms with van der Waals surface area (Å²) in [5.41, 5.74) is 23.1. The second kappa shape index (κ2) is 25.5. The number of carbonyl (C=O) groups excluding carboxylic acids is 1. The number of rotatable bonds is 19. The summed E-state index contributed by atoms with van der Waals surface area (Å²) in [4.78, 5) is 32.2. The van der Waals surface area contributed by atoms with Gasteiger partial charge in [0.2, 0.25) is 5.91 Å². The van der Waals surface area contributed by atoms with Gasteiger partial charge in [0.05, 0.1) is 24.1 Å². The average molecular weight is 1050 g/mol. The SMILES string of the molecule is CC1(C)CCC(C)(C)c2cc(-c3cccc(N4CCC(N(CCCCO)C[C@@H](N)CO)CC4)n3)ccc21.C[C@@H](O)[C@H](N)C(=O)N(CCCCO)C1CCN(c2cccc(-c3ccc4c(c3)C(C)(C)CCC4(C)C)n2)CC1. The lowest BCUT2D eigenvalue weighted by Crippen LogP contribution is -2.55. The van der Waals surface area contributed by atoms with E-state index in [1.54, 1.807) is 6.92 Å². The predicted molar refractivity (Wildman–Crippen MR) is 311 cm³/mol. The minimum atomic E-state index is -0.928. The molecule has 2 aliphatic heterocycles. The number of hydrogen-bond acceptors (Lipinski definition) is 12. The second-order valence-corrected chi connectivity index (χ2v) is 25.4. The van der Waals surface area contributed by atoms with Gasteiger partial charge in [-0.2, -0.15) is 0 Å². The van der Waals surface area contributed by atoms with E-state index in [0.29, 0.717) is 32.0 Å². The maximum atomic E-state index is 13.1. The van der Waals surface area contributed by atoms with E-state index in [9.17, 15) is 25.2 Å². The van der Waals surface area contributed by atoms with E-state index in [0.717, 1.165) is 99.8 Å². The first-order chi connectivity index (χ1) is 36.1. The van der Waals surface area contributed by atoms with Crippen molar-refractivity contribution in [3.05, 3.63) is 95.1 Å². The van der Waals surface area contributed by atoms with Crippen molar-refractivity contribution in [3.8, 4) is 22.5 Å².